The van der Waals surface area contributed by atoms with E-state index in [-0.39, 0.29) is 0 Å². The van der Waals surface area contributed by atoms with E-state index in [1.54, 1.807) is 18.4 Å². The van der Waals surface area contributed by atoms with E-state index < -0.39 is 0 Å². The number of hydrogen-bond donors (Lipinski definition) is 1. The molecule has 0 aliphatic carbocycles. The van der Waals surface area contributed by atoms with Crippen molar-refractivity contribution in [2.45, 2.75) is 13.5 Å². The van der Waals surface area contributed by atoms with Crippen molar-refractivity contribution in [2.75, 3.05) is 12.4 Å². The fourth-order valence-corrected chi connectivity index (χ4v) is 3.70. The lowest BCUT2D eigenvalue weighted by atomic mass is 10.2. The molecule has 2 nitrogen and oxygen atoms in total. The van der Waals surface area contributed by atoms with Crippen LogP contribution in [-0.2, 0) is 6.54 Å². The van der Waals surface area contributed by atoms with Gasteiger partial charge < -0.3 is 10.1 Å². The van der Waals surface area contributed by atoms with E-state index in [0.29, 0.717) is 0 Å². The average molecular weight is 391 g/mol. The molecule has 0 spiro atoms. The van der Waals surface area contributed by atoms with Gasteiger partial charge in [-0.15, -0.1) is 11.3 Å². The van der Waals surface area contributed by atoms with Crippen molar-refractivity contribution in [3.63, 3.8) is 0 Å². The summed E-state index contributed by atoms with van der Waals surface area (Å²) in [7, 11) is 1.68. The quantitative estimate of drug-likeness (QED) is 0.774. The molecular formula is C13H13Br2NOS. The van der Waals surface area contributed by atoms with Crippen molar-refractivity contribution < 1.29 is 4.74 Å². The molecule has 1 heterocycles. The first-order valence-electron chi connectivity index (χ1n) is 5.42. The second-order valence-electron chi connectivity index (χ2n) is 3.87. The molecule has 0 aliphatic heterocycles. The molecule has 0 bridgehead atoms. The Labute approximate surface area is 128 Å². The minimum Gasteiger partial charge on any atom is -0.497 e. The first-order chi connectivity index (χ1) is 8.60. The molecule has 0 saturated heterocycles. The molecule has 96 valence electrons. The van der Waals surface area contributed by atoms with Gasteiger partial charge in [-0.05, 0) is 56.5 Å². The van der Waals surface area contributed by atoms with E-state index in [4.69, 9.17) is 4.74 Å². The van der Waals surface area contributed by atoms with Crippen LogP contribution in [0.3, 0.4) is 0 Å². The number of thiophene rings is 1. The summed E-state index contributed by atoms with van der Waals surface area (Å²) in [6.07, 6.45) is 0. The van der Waals surface area contributed by atoms with Crippen LogP contribution in [0, 0.1) is 6.92 Å². The van der Waals surface area contributed by atoms with Gasteiger partial charge in [-0.3, -0.25) is 0 Å². The van der Waals surface area contributed by atoms with Gasteiger partial charge in [0.2, 0.25) is 0 Å². The maximum Gasteiger partial charge on any atom is 0.120 e. The number of anilines is 1. The van der Waals surface area contributed by atoms with E-state index in [0.717, 1.165) is 26.2 Å². The van der Waals surface area contributed by atoms with Gasteiger partial charge in [0.25, 0.3) is 0 Å². The highest BCUT2D eigenvalue weighted by atomic mass is 79.9. The van der Waals surface area contributed by atoms with Crippen LogP contribution < -0.4 is 10.1 Å². The van der Waals surface area contributed by atoms with Crippen molar-refractivity contribution >= 4 is 48.9 Å². The van der Waals surface area contributed by atoms with Crippen LogP contribution >= 0.6 is 43.2 Å². The zero-order valence-corrected chi connectivity index (χ0v) is 14.1. The van der Waals surface area contributed by atoms with Crippen molar-refractivity contribution in [3.05, 3.63) is 43.0 Å². The minimum absolute atomic E-state index is 0.808. The molecule has 0 amide bonds. The second-order valence-corrected chi connectivity index (χ2v) is 7.18. The smallest absolute Gasteiger partial charge is 0.120 e. The number of benzene rings is 1. The molecule has 0 fully saturated rings. The SMILES string of the molecule is COc1ccc(C)c(NCc2cc(Br)c(Br)s2)c1. The molecule has 0 aliphatic rings. The number of rotatable bonds is 4. The van der Waals surface area contributed by atoms with Gasteiger partial charge in [-0.25, -0.2) is 0 Å². The van der Waals surface area contributed by atoms with Crippen LogP contribution in [0.5, 0.6) is 5.75 Å². The average Bonchev–Trinajstić information content (AvgIpc) is 2.68. The Hall–Kier alpha value is -0.520. The van der Waals surface area contributed by atoms with E-state index >= 15 is 0 Å². The molecule has 5 heteroatoms. The molecule has 0 radical (unpaired) electrons. The van der Waals surface area contributed by atoms with Gasteiger partial charge in [0, 0.05) is 27.6 Å². The van der Waals surface area contributed by atoms with Crippen molar-refractivity contribution in [2.24, 2.45) is 0 Å². The summed E-state index contributed by atoms with van der Waals surface area (Å²) in [5.41, 5.74) is 2.32. The topological polar surface area (TPSA) is 21.3 Å². The highest BCUT2D eigenvalue weighted by molar-refractivity contribution is 9.13. The van der Waals surface area contributed by atoms with Gasteiger partial charge in [0.1, 0.15) is 5.75 Å². The first-order valence-corrected chi connectivity index (χ1v) is 7.82. The number of aryl methyl sites for hydroxylation is 1. The molecule has 2 rings (SSSR count). The monoisotopic (exact) mass is 389 g/mol. The van der Waals surface area contributed by atoms with E-state index in [2.05, 4.69) is 56.2 Å². The largest absolute Gasteiger partial charge is 0.497 e. The highest BCUT2D eigenvalue weighted by Gasteiger charge is 2.05. The lowest BCUT2D eigenvalue weighted by Gasteiger charge is -2.10. The van der Waals surface area contributed by atoms with Crippen molar-refractivity contribution in [1.82, 2.24) is 0 Å². The molecule has 2 aromatic rings. The summed E-state index contributed by atoms with van der Waals surface area (Å²) >= 11 is 8.72. The Bertz CT molecular complexity index is 534. The predicted octanol–water partition coefficient (Wildman–Crippen LogP) is 5.20. The number of ether oxygens (including phenoxy) is 1. The fraction of sp³-hybridized carbons (Fsp3) is 0.231. The van der Waals surface area contributed by atoms with E-state index in [1.165, 1.54) is 10.4 Å². The van der Waals surface area contributed by atoms with Gasteiger partial charge in [0.15, 0.2) is 0 Å². The number of hydrogen-bond acceptors (Lipinski definition) is 3. The molecule has 0 saturated carbocycles. The summed E-state index contributed by atoms with van der Waals surface area (Å²) in [6, 6.07) is 8.17. The third-order valence-electron chi connectivity index (χ3n) is 2.59. The molecule has 1 aromatic carbocycles. The molecule has 0 atom stereocenters. The Kier molecular flexibility index (Phi) is 4.70. The van der Waals surface area contributed by atoms with Gasteiger partial charge in [0.05, 0.1) is 10.9 Å². The predicted molar refractivity (Wildman–Crippen MR) is 84.8 cm³/mol. The molecular weight excluding hydrogens is 378 g/mol. The van der Waals surface area contributed by atoms with E-state index in [9.17, 15) is 0 Å². The standard InChI is InChI=1S/C13H13Br2NOS/c1-8-3-4-9(17-2)5-12(8)16-7-10-6-11(14)13(15)18-10/h3-6,16H,7H2,1-2H3. The number of halogens is 2. The zero-order valence-electron chi connectivity index (χ0n) is 10.1. The highest BCUT2D eigenvalue weighted by Crippen LogP contribution is 2.33. The molecule has 1 aromatic heterocycles. The van der Waals surface area contributed by atoms with Crippen molar-refractivity contribution in [3.8, 4) is 5.75 Å². The third kappa shape index (κ3) is 3.28. The Morgan fingerprint density at radius 2 is 2.06 bits per heavy atom. The molecule has 0 unspecified atom stereocenters. The Morgan fingerprint density at radius 1 is 1.28 bits per heavy atom. The van der Waals surface area contributed by atoms with Crippen LogP contribution in [0.25, 0.3) is 0 Å². The van der Waals surface area contributed by atoms with Crippen LogP contribution in [0.2, 0.25) is 0 Å². The number of nitrogens with one attached hydrogen (secondary N) is 1. The summed E-state index contributed by atoms with van der Waals surface area (Å²) in [5, 5.41) is 3.43. The third-order valence-corrected chi connectivity index (χ3v) is 5.85. The van der Waals surface area contributed by atoms with Crippen molar-refractivity contribution in [1.29, 1.82) is 0 Å². The molecule has 18 heavy (non-hydrogen) atoms. The second kappa shape index (κ2) is 6.08. The Morgan fingerprint density at radius 3 is 2.67 bits per heavy atom. The lowest BCUT2D eigenvalue weighted by Crippen LogP contribution is -1.99. The zero-order chi connectivity index (χ0) is 13.1. The van der Waals surface area contributed by atoms with Crippen LogP contribution in [0.1, 0.15) is 10.4 Å². The maximum atomic E-state index is 5.23. The van der Waals surface area contributed by atoms with E-state index in [1.807, 2.05) is 12.1 Å². The van der Waals surface area contributed by atoms with Crippen LogP contribution in [0.4, 0.5) is 5.69 Å². The van der Waals surface area contributed by atoms with Gasteiger partial charge >= 0.3 is 0 Å². The lowest BCUT2D eigenvalue weighted by molar-refractivity contribution is 0.415. The summed E-state index contributed by atoms with van der Waals surface area (Å²) in [4.78, 5) is 1.27. The van der Waals surface area contributed by atoms with Gasteiger partial charge in [-0.1, -0.05) is 6.07 Å². The molecule has 1 N–H and O–H groups in total. The minimum atomic E-state index is 0.808. The first kappa shape index (κ1) is 13.9. The van der Waals surface area contributed by atoms with Crippen LogP contribution in [0.15, 0.2) is 32.5 Å². The maximum absolute atomic E-state index is 5.23. The summed E-state index contributed by atoms with van der Waals surface area (Å²) in [6.45, 7) is 2.89. The summed E-state index contributed by atoms with van der Waals surface area (Å²) < 4.78 is 7.46. The number of methoxy groups -OCH3 is 1. The Balaban J connectivity index is 2.10. The normalized spacial score (nSPS) is 10.4. The fourth-order valence-electron chi connectivity index (χ4n) is 1.58. The van der Waals surface area contributed by atoms with Gasteiger partial charge in [-0.2, -0.15) is 0 Å². The van der Waals surface area contributed by atoms with Crippen LogP contribution in [-0.4, -0.2) is 7.11 Å². The summed E-state index contributed by atoms with van der Waals surface area (Å²) in [5.74, 6) is 0.872.